The monoisotopic (exact) mass is 516 g/mol. The van der Waals surface area contributed by atoms with Crippen molar-refractivity contribution >= 4 is 43.9 Å². The fourth-order valence-corrected chi connectivity index (χ4v) is 4.42. The molecule has 0 radical (unpaired) electrons. The number of para-hydroxylation sites is 1. The van der Waals surface area contributed by atoms with E-state index in [1.54, 1.807) is 24.3 Å². The van der Waals surface area contributed by atoms with Gasteiger partial charge in [-0.1, -0.05) is 18.2 Å². The lowest BCUT2D eigenvalue weighted by Crippen LogP contribution is -2.20. The number of halogens is 3. The predicted octanol–water partition coefficient (Wildman–Crippen LogP) is 5.21. The smallest absolute Gasteiger partial charge is 0.320 e. The summed E-state index contributed by atoms with van der Waals surface area (Å²) < 4.78 is 67.9. The number of carbonyl (C=O) groups excluding carboxylic acids is 1. The molecule has 0 saturated carbocycles. The van der Waals surface area contributed by atoms with E-state index in [1.165, 1.54) is 12.3 Å². The summed E-state index contributed by atoms with van der Waals surface area (Å²) in [6.45, 7) is 0. The Morgan fingerprint density at radius 3 is 2.31 bits per heavy atom. The number of rotatable bonds is 6. The van der Waals surface area contributed by atoms with E-state index in [0.29, 0.717) is 23.0 Å². The van der Waals surface area contributed by atoms with E-state index in [9.17, 15) is 36.5 Å². The fraction of sp³-hybridized carbons (Fsp3) is 0.0435. The molecule has 1 heterocycles. The summed E-state index contributed by atoms with van der Waals surface area (Å²) in [5.74, 6) is -1.01. The van der Waals surface area contributed by atoms with Gasteiger partial charge in [0.15, 0.2) is 0 Å². The van der Waals surface area contributed by atoms with Crippen molar-refractivity contribution in [2.75, 3.05) is 10.0 Å². The topological polar surface area (TPSA) is 131 Å². The number of hydrogen-bond acceptors (Lipinski definition) is 6. The Morgan fingerprint density at radius 2 is 1.64 bits per heavy atom. The van der Waals surface area contributed by atoms with Crippen molar-refractivity contribution in [2.24, 2.45) is 0 Å². The van der Waals surface area contributed by atoms with Gasteiger partial charge < -0.3 is 5.32 Å². The number of pyridine rings is 1. The van der Waals surface area contributed by atoms with E-state index < -0.39 is 48.7 Å². The Hall–Kier alpha value is -4.52. The molecule has 1 aromatic heterocycles. The Morgan fingerprint density at radius 1 is 0.944 bits per heavy atom. The third kappa shape index (κ3) is 5.10. The molecule has 0 aliphatic carbocycles. The number of nitro benzene ring substituents is 1. The van der Waals surface area contributed by atoms with E-state index in [1.807, 2.05) is 0 Å². The number of anilines is 2. The summed E-state index contributed by atoms with van der Waals surface area (Å²) in [5, 5.41) is 14.0. The first-order valence-corrected chi connectivity index (χ1v) is 11.6. The number of fused-ring (bicyclic) bond motifs is 1. The van der Waals surface area contributed by atoms with Crippen LogP contribution < -0.4 is 10.0 Å². The molecule has 4 aromatic rings. The average molecular weight is 516 g/mol. The largest absolute Gasteiger partial charge is 0.416 e. The molecular weight excluding hydrogens is 501 g/mol. The third-order valence-electron chi connectivity index (χ3n) is 5.07. The van der Waals surface area contributed by atoms with Crippen molar-refractivity contribution in [3.63, 3.8) is 0 Å². The molecule has 0 aliphatic rings. The molecule has 1 amide bonds. The number of hydrogen-bond donors (Lipinski definition) is 2. The van der Waals surface area contributed by atoms with Crippen LogP contribution in [-0.4, -0.2) is 24.2 Å². The number of alkyl halides is 3. The number of nitrogens with zero attached hydrogens (tertiary/aromatic N) is 2. The summed E-state index contributed by atoms with van der Waals surface area (Å²) in [7, 11) is -4.41. The first kappa shape index (κ1) is 24.6. The van der Waals surface area contributed by atoms with Crippen molar-refractivity contribution in [1.82, 2.24) is 4.98 Å². The number of aromatic nitrogens is 1. The molecule has 36 heavy (non-hydrogen) atoms. The van der Waals surface area contributed by atoms with E-state index in [4.69, 9.17) is 0 Å². The van der Waals surface area contributed by atoms with Crippen molar-refractivity contribution in [2.45, 2.75) is 11.1 Å². The number of amides is 1. The summed E-state index contributed by atoms with van der Waals surface area (Å²) in [6, 6.07) is 14.1. The summed E-state index contributed by atoms with van der Waals surface area (Å²) in [5.41, 5.74) is -1.95. The lowest BCUT2D eigenvalue weighted by molar-refractivity contribution is -0.384. The van der Waals surface area contributed by atoms with Gasteiger partial charge in [-0.3, -0.25) is 24.6 Å². The van der Waals surface area contributed by atoms with E-state index in [2.05, 4.69) is 15.0 Å². The highest BCUT2D eigenvalue weighted by atomic mass is 32.2. The molecule has 2 N–H and O–H groups in total. The Bertz CT molecular complexity index is 1580. The molecule has 0 saturated heterocycles. The van der Waals surface area contributed by atoms with Crippen LogP contribution in [0.2, 0.25) is 0 Å². The maximum absolute atomic E-state index is 13.4. The molecule has 0 spiro atoms. The maximum Gasteiger partial charge on any atom is 0.416 e. The lowest BCUT2D eigenvalue weighted by Gasteiger charge is -2.16. The van der Waals surface area contributed by atoms with Crippen LogP contribution in [0.5, 0.6) is 0 Å². The standard InChI is InChI=1S/C23H15F3N4O5S/c24-23(25,26)15-6-11-19(29-36(34,35)17-9-7-16(8-10-17)30(32)33)18(13-15)22(31)28-20-5-1-3-14-4-2-12-27-21(14)20/h1-13,29H,(H,28,31). The highest BCUT2D eigenvalue weighted by molar-refractivity contribution is 7.92. The van der Waals surface area contributed by atoms with Gasteiger partial charge in [-0.05, 0) is 42.5 Å². The predicted molar refractivity (Wildman–Crippen MR) is 125 cm³/mol. The van der Waals surface area contributed by atoms with Gasteiger partial charge in [0.05, 0.1) is 37.8 Å². The van der Waals surface area contributed by atoms with E-state index in [0.717, 1.165) is 30.3 Å². The van der Waals surface area contributed by atoms with Gasteiger partial charge in [-0.2, -0.15) is 13.2 Å². The molecule has 0 atom stereocenters. The number of nitrogens with one attached hydrogen (secondary N) is 2. The van der Waals surface area contributed by atoms with E-state index in [-0.39, 0.29) is 11.4 Å². The highest BCUT2D eigenvalue weighted by Crippen LogP contribution is 2.33. The molecule has 9 nitrogen and oxygen atoms in total. The lowest BCUT2D eigenvalue weighted by atomic mass is 10.1. The third-order valence-corrected chi connectivity index (χ3v) is 6.46. The SMILES string of the molecule is O=C(Nc1cccc2cccnc12)c1cc(C(F)(F)F)ccc1NS(=O)(=O)c1ccc([N+](=O)[O-])cc1. The molecule has 0 aliphatic heterocycles. The van der Waals surface area contributed by atoms with Crippen LogP contribution in [0.1, 0.15) is 15.9 Å². The van der Waals surface area contributed by atoms with Gasteiger partial charge in [0.1, 0.15) is 0 Å². The minimum Gasteiger partial charge on any atom is -0.320 e. The first-order chi connectivity index (χ1) is 17.0. The van der Waals surface area contributed by atoms with Gasteiger partial charge in [-0.25, -0.2) is 8.42 Å². The molecule has 13 heteroatoms. The van der Waals surface area contributed by atoms with Crippen LogP contribution in [-0.2, 0) is 16.2 Å². The van der Waals surface area contributed by atoms with Crippen molar-refractivity contribution in [3.8, 4) is 0 Å². The molecule has 184 valence electrons. The van der Waals surface area contributed by atoms with Crippen LogP contribution in [0.4, 0.5) is 30.2 Å². The zero-order chi connectivity index (χ0) is 26.1. The second-order valence-corrected chi connectivity index (χ2v) is 9.13. The van der Waals surface area contributed by atoms with Gasteiger partial charge >= 0.3 is 6.18 Å². The summed E-state index contributed by atoms with van der Waals surface area (Å²) in [4.78, 5) is 27.0. The first-order valence-electron chi connectivity index (χ1n) is 10.1. The quantitative estimate of drug-likeness (QED) is 0.267. The van der Waals surface area contributed by atoms with Crippen LogP contribution in [0, 0.1) is 10.1 Å². The van der Waals surface area contributed by atoms with Gasteiger partial charge in [0.25, 0.3) is 21.6 Å². The van der Waals surface area contributed by atoms with Crippen LogP contribution in [0.25, 0.3) is 10.9 Å². The van der Waals surface area contributed by atoms with Gasteiger partial charge in [0, 0.05) is 23.7 Å². The second-order valence-electron chi connectivity index (χ2n) is 7.45. The second kappa shape index (κ2) is 9.26. The number of carbonyl (C=O) groups is 1. The summed E-state index contributed by atoms with van der Waals surface area (Å²) >= 11 is 0. The molecular formula is C23H15F3N4O5S. The Kier molecular flexibility index (Phi) is 6.33. The maximum atomic E-state index is 13.4. The van der Waals surface area contributed by atoms with Crippen molar-refractivity contribution in [3.05, 3.63) is 100 Å². The van der Waals surface area contributed by atoms with E-state index >= 15 is 0 Å². The molecule has 4 rings (SSSR count). The number of sulfonamides is 1. The van der Waals surface area contributed by atoms with Crippen molar-refractivity contribution in [1.29, 1.82) is 0 Å². The van der Waals surface area contributed by atoms with Crippen LogP contribution >= 0.6 is 0 Å². The van der Waals surface area contributed by atoms with Crippen LogP contribution in [0.3, 0.4) is 0 Å². The minimum atomic E-state index is -4.80. The van der Waals surface area contributed by atoms with Crippen LogP contribution in [0.15, 0.2) is 83.9 Å². The zero-order valence-electron chi connectivity index (χ0n) is 18.0. The molecule has 0 bridgehead atoms. The average Bonchev–Trinajstić information content (AvgIpc) is 2.83. The molecule has 0 unspecified atom stereocenters. The van der Waals surface area contributed by atoms with Gasteiger partial charge in [0.2, 0.25) is 0 Å². The number of benzene rings is 3. The van der Waals surface area contributed by atoms with Crippen molar-refractivity contribution < 1.29 is 31.3 Å². The Balaban J connectivity index is 1.73. The van der Waals surface area contributed by atoms with Gasteiger partial charge in [-0.15, -0.1) is 0 Å². The minimum absolute atomic E-state index is 0.208. The zero-order valence-corrected chi connectivity index (χ0v) is 18.8. The summed E-state index contributed by atoms with van der Waals surface area (Å²) in [6.07, 6.45) is -3.32. The molecule has 3 aromatic carbocycles. The normalized spacial score (nSPS) is 11.8. The number of nitro groups is 1. The fourth-order valence-electron chi connectivity index (χ4n) is 3.34. The molecule has 0 fully saturated rings. The highest BCUT2D eigenvalue weighted by Gasteiger charge is 2.32. The number of non-ortho nitro benzene ring substituents is 1. The Labute approximate surface area is 201 Å².